The van der Waals surface area contributed by atoms with Crippen LogP contribution in [0.5, 0.6) is 0 Å². The van der Waals surface area contributed by atoms with Crippen molar-refractivity contribution < 1.29 is 5.11 Å². The Hall–Kier alpha value is -1.32. The summed E-state index contributed by atoms with van der Waals surface area (Å²) in [6, 6.07) is 8.42. The average molecular weight is 230 g/mol. The van der Waals surface area contributed by atoms with Gasteiger partial charge < -0.3 is 15.0 Å². The van der Waals surface area contributed by atoms with Gasteiger partial charge in [-0.3, -0.25) is 0 Å². The molecule has 3 rings (SSSR count). The highest BCUT2D eigenvalue weighted by molar-refractivity contribution is 5.85. The molecular weight excluding hydrogens is 212 g/mol. The fourth-order valence-electron chi connectivity index (χ4n) is 2.85. The summed E-state index contributed by atoms with van der Waals surface area (Å²) >= 11 is 0. The van der Waals surface area contributed by atoms with Gasteiger partial charge in [-0.25, -0.2) is 0 Å². The van der Waals surface area contributed by atoms with Gasteiger partial charge in [0.2, 0.25) is 0 Å². The first-order valence-corrected chi connectivity index (χ1v) is 6.18. The van der Waals surface area contributed by atoms with Crippen molar-refractivity contribution in [1.29, 1.82) is 0 Å². The third-order valence-corrected chi connectivity index (χ3v) is 3.75. The maximum absolute atomic E-state index is 9.56. The van der Waals surface area contributed by atoms with Gasteiger partial charge in [0.15, 0.2) is 0 Å². The number of fused-ring (bicyclic) bond motifs is 3. The van der Waals surface area contributed by atoms with Crippen LogP contribution in [0.3, 0.4) is 0 Å². The van der Waals surface area contributed by atoms with Crippen LogP contribution >= 0.6 is 0 Å². The van der Waals surface area contributed by atoms with Crippen LogP contribution in [0.15, 0.2) is 24.3 Å². The molecule has 0 amide bonds. The van der Waals surface area contributed by atoms with Gasteiger partial charge in [0, 0.05) is 35.6 Å². The first-order valence-electron chi connectivity index (χ1n) is 6.18. The van der Waals surface area contributed by atoms with Crippen molar-refractivity contribution in [2.75, 3.05) is 26.7 Å². The quantitative estimate of drug-likeness (QED) is 0.783. The van der Waals surface area contributed by atoms with Gasteiger partial charge in [-0.15, -0.1) is 0 Å². The van der Waals surface area contributed by atoms with Crippen molar-refractivity contribution in [3.8, 4) is 0 Å². The molecule has 1 aromatic carbocycles. The number of aliphatic hydroxyl groups is 1. The standard InChI is InChI=1S/C14H18N2O/c1-16-7-6-12-11-4-2-3-5-13(11)15-14(12)10(8-16)9-17/h2-5,10,15,17H,6-9H2,1H3. The number of aromatic amines is 1. The molecule has 1 aromatic heterocycles. The predicted octanol–water partition coefficient (Wildman–Crippen LogP) is 1.73. The minimum absolute atomic E-state index is 0.212. The fourth-order valence-corrected chi connectivity index (χ4v) is 2.85. The van der Waals surface area contributed by atoms with Crippen LogP contribution in [0.2, 0.25) is 0 Å². The number of para-hydroxylation sites is 1. The lowest BCUT2D eigenvalue weighted by molar-refractivity contribution is 0.225. The van der Waals surface area contributed by atoms with Gasteiger partial charge in [-0.1, -0.05) is 18.2 Å². The molecule has 90 valence electrons. The van der Waals surface area contributed by atoms with E-state index >= 15 is 0 Å². The molecule has 3 nitrogen and oxygen atoms in total. The SMILES string of the molecule is CN1CCc2c([nH]c3ccccc23)C(CO)C1. The van der Waals surface area contributed by atoms with Gasteiger partial charge in [0.1, 0.15) is 0 Å². The molecule has 17 heavy (non-hydrogen) atoms. The Morgan fingerprint density at radius 3 is 3.06 bits per heavy atom. The zero-order valence-electron chi connectivity index (χ0n) is 10.1. The molecule has 2 aromatic rings. The number of rotatable bonds is 1. The summed E-state index contributed by atoms with van der Waals surface area (Å²) in [6.45, 7) is 2.20. The Morgan fingerprint density at radius 1 is 1.41 bits per heavy atom. The van der Waals surface area contributed by atoms with Crippen LogP contribution in [-0.4, -0.2) is 41.7 Å². The van der Waals surface area contributed by atoms with Crippen molar-refractivity contribution in [2.45, 2.75) is 12.3 Å². The molecule has 0 fully saturated rings. The van der Waals surface area contributed by atoms with Gasteiger partial charge in [-0.2, -0.15) is 0 Å². The molecule has 1 atom stereocenters. The number of benzene rings is 1. The highest BCUT2D eigenvalue weighted by Crippen LogP contribution is 2.30. The summed E-state index contributed by atoms with van der Waals surface area (Å²) in [5.74, 6) is 0.213. The molecule has 2 heterocycles. The predicted molar refractivity (Wildman–Crippen MR) is 69.3 cm³/mol. The largest absolute Gasteiger partial charge is 0.396 e. The van der Waals surface area contributed by atoms with Crippen LogP contribution in [0.4, 0.5) is 0 Å². The zero-order valence-corrected chi connectivity index (χ0v) is 10.1. The van der Waals surface area contributed by atoms with E-state index in [-0.39, 0.29) is 12.5 Å². The van der Waals surface area contributed by atoms with E-state index in [9.17, 15) is 5.11 Å². The topological polar surface area (TPSA) is 39.3 Å². The van der Waals surface area contributed by atoms with E-state index in [4.69, 9.17) is 0 Å². The number of hydrogen-bond acceptors (Lipinski definition) is 2. The highest BCUT2D eigenvalue weighted by atomic mass is 16.3. The lowest BCUT2D eigenvalue weighted by Crippen LogP contribution is -2.25. The van der Waals surface area contributed by atoms with E-state index in [1.807, 2.05) is 0 Å². The summed E-state index contributed by atoms with van der Waals surface area (Å²) in [6.07, 6.45) is 1.06. The molecule has 1 aliphatic rings. The number of likely N-dealkylation sites (N-methyl/N-ethyl adjacent to an activating group) is 1. The lowest BCUT2D eigenvalue weighted by atomic mass is 10.0. The maximum Gasteiger partial charge on any atom is 0.0526 e. The van der Waals surface area contributed by atoms with Crippen molar-refractivity contribution in [3.63, 3.8) is 0 Å². The van der Waals surface area contributed by atoms with Crippen molar-refractivity contribution >= 4 is 10.9 Å². The highest BCUT2D eigenvalue weighted by Gasteiger charge is 2.23. The molecule has 0 aliphatic carbocycles. The normalized spacial score (nSPS) is 21.4. The van der Waals surface area contributed by atoms with Crippen LogP contribution in [0, 0.1) is 0 Å². The first kappa shape index (κ1) is 10.8. The summed E-state index contributed by atoms with van der Waals surface area (Å²) in [5, 5.41) is 10.9. The number of aromatic nitrogens is 1. The van der Waals surface area contributed by atoms with Gasteiger partial charge in [-0.05, 0) is 25.1 Å². The third-order valence-electron chi connectivity index (χ3n) is 3.75. The van der Waals surface area contributed by atoms with Gasteiger partial charge in [0.25, 0.3) is 0 Å². The Kier molecular flexibility index (Phi) is 2.65. The molecule has 2 N–H and O–H groups in total. The lowest BCUT2D eigenvalue weighted by Gasteiger charge is -2.18. The monoisotopic (exact) mass is 230 g/mol. The summed E-state index contributed by atoms with van der Waals surface area (Å²) in [7, 11) is 2.12. The molecule has 0 radical (unpaired) electrons. The Labute approximate surface area is 101 Å². The second kappa shape index (κ2) is 4.17. The number of aliphatic hydroxyl groups excluding tert-OH is 1. The van der Waals surface area contributed by atoms with Crippen LogP contribution in [0.25, 0.3) is 10.9 Å². The van der Waals surface area contributed by atoms with E-state index in [2.05, 4.69) is 41.2 Å². The molecular formula is C14H18N2O. The molecule has 1 aliphatic heterocycles. The Bertz CT molecular complexity index is 532. The fraction of sp³-hybridized carbons (Fsp3) is 0.429. The summed E-state index contributed by atoms with van der Waals surface area (Å²) < 4.78 is 0. The second-order valence-corrected chi connectivity index (χ2v) is 4.95. The Balaban J connectivity index is 2.17. The van der Waals surface area contributed by atoms with Crippen molar-refractivity contribution in [3.05, 3.63) is 35.5 Å². The number of nitrogens with zero attached hydrogens (tertiary/aromatic N) is 1. The van der Waals surface area contributed by atoms with Crippen LogP contribution in [0.1, 0.15) is 17.2 Å². The van der Waals surface area contributed by atoms with E-state index in [0.717, 1.165) is 19.5 Å². The van der Waals surface area contributed by atoms with Gasteiger partial charge in [0.05, 0.1) is 6.61 Å². The molecule has 0 spiro atoms. The second-order valence-electron chi connectivity index (χ2n) is 4.95. The number of hydrogen-bond donors (Lipinski definition) is 2. The van der Waals surface area contributed by atoms with E-state index in [1.165, 1.54) is 22.2 Å². The first-order chi connectivity index (χ1) is 8.29. The van der Waals surface area contributed by atoms with Crippen molar-refractivity contribution in [2.24, 2.45) is 0 Å². The van der Waals surface area contributed by atoms with Crippen LogP contribution in [-0.2, 0) is 6.42 Å². The summed E-state index contributed by atoms with van der Waals surface area (Å²) in [4.78, 5) is 5.79. The van der Waals surface area contributed by atoms with E-state index in [0.29, 0.717) is 0 Å². The number of H-pyrrole nitrogens is 1. The minimum atomic E-state index is 0.212. The molecule has 1 unspecified atom stereocenters. The average Bonchev–Trinajstić information content (AvgIpc) is 2.64. The maximum atomic E-state index is 9.56. The van der Waals surface area contributed by atoms with E-state index < -0.39 is 0 Å². The zero-order chi connectivity index (χ0) is 11.8. The molecule has 3 heteroatoms. The smallest absolute Gasteiger partial charge is 0.0526 e. The molecule has 0 bridgehead atoms. The van der Waals surface area contributed by atoms with Crippen LogP contribution < -0.4 is 0 Å². The van der Waals surface area contributed by atoms with E-state index in [1.54, 1.807) is 0 Å². The Morgan fingerprint density at radius 2 is 2.24 bits per heavy atom. The minimum Gasteiger partial charge on any atom is -0.396 e. The molecule has 0 saturated heterocycles. The van der Waals surface area contributed by atoms with Crippen molar-refractivity contribution in [1.82, 2.24) is 9.88 Å². The van der Waals surface area contributed by atoms with Gasteiger partial charge >= 0.3 is 0 Å². The summed E-state index contributed by atoms with van der Waals surface area (Å²) in [5.41, 5.74) is 3.82. The number of nitrogens with one attached hydrogen (secondary N) is 1. The molecule has 0 saturated carbocycles. The third kappa shape index (κ3) is 1.75.